The van der Waals surface area contributed by atoms with Gasteiger partial charge in [-0.05, 0) is 19.4 Å². The number of allylic oxidation sites excluding steroid dienone is 3. The van der Waals surface area contributed by atoms with E-state index in [1.807, 2.05) is 13.0 Å². The van der Waals surface area contributed by atoms with E-state index in [0.29, 0.717) is 5.57 Å². The Bertz CT molecular complexity index is 262. The number of ether oxygens (including phenoxy) is 1. The van der Waals surface area contributed by atoms with Crippen LogP contribution in [0.2, 0.25) is 0 Å². The summed E-state index contributed by atoms with van der Waals surface area (Å²) in [6.45, 7) is 3.50. The zero-order chi connectivity index (χ0) is 11.0. The molecule has 3 nitrogen and oxygen atoms in total. The molecule has 0 N–H and O–H groups in total. The zero-order valence-corrected chi connectivity index (χ0v) is 8.87. The first-order valence-electron chi connectivity index (χ1n) is 4.59. The molecular formula is C11H16O3. The molecule has 0 saturated carbocycles. The SMILES string of the molecule is CCCC=C(C=CC(=O)OC)C(C)=O. The molecule has 0 radical (unpaired) electrons. The fourth-order valence-electron chi connectivity index (χ4n) is 0.855. The van der Waals surface area contributed by atoms with Gasteiger partial charge in [-0.3, -0.25) is 4.79 Å². The van der Waals surface area contributed by atoms with Crippen LogP contribution in [0.3, 0.4) is 0 Å². The summed E-state index contributed by atoms with van der Waals surface area (Å²) in [6.07, 6.45) is 6.37. The monoisotopic (exact) mass is 196 g/mol. The number of rotatable bonds is 5. The van der Waals surface area contributed by atoms with Gasteiger partial charge in [0, 0.05) is 11.6 Å². The second-order valence-electron chi connectivity index (χ2n) is 2.86. The second kappa shape index (κ2) is 7.06. The van der Waals surface area contributed by atoms with Gasteiger partial charge in [-0.1, -0.05) is 19.4 Å². The number of carbonyl (C=O) groups excluding carboxylic acids is 2. The van der Waals surface area contributed by atoms with Gasteiger partial charge in [0.15, 0.2) is 5.78 Å². The average Bonchev–Trinajstić information content (AvgIpc) is 2.16. The van der Waals surface area contributed by atoms with Gasteiger partial charge >= 0.3 is 5.97 Å². The van der Waals surface area contributed by atoms with E-state index >= 15 is 0 Å². The third-order valence-corrected chi connectivity index (χ3v) is 1.66. The molecule has 0 heterocycles. The van der Waals surface area contributed by atoms with Crippen LogP contribution >= 0.6 is 0 Å². The number of esters is 1. The molecule has 14 heavy (non-hydrogen) atoms. The van der Waals surface area contributed by atoms with Crippen molar-refractivity contribution in [1.82, 2.24) is 0 Å². The molecule has 0 aliphatic carbocycles. The van der Waals surface area contributed by atoms with Gasteiger partial charge in [-0.25, -0.2) is 4.79 Å². The van der Waals surface area contributed by atoms with Gasteiger partial charge in [-0.15, -0.1) is 0 Å². The van der Waals surface area contributed by atoms with Gasteiger partial charge in [-0.2, -0.15) is 0 Å². The Labute approximate surface area is 84.4 Å². The van der Waals surface area contributed by atoms with Crippen molar-refractivity contribution in [2.24, 2.45) is 0 Å². The Morgan fingerprint density at radius 3 is 2.36 bits per heavy atom. The van der Waals surface area contributed by atoms with Gasteiger partial charge in [0.25, 0.3) is 0 Å². The molecule has 0 aliphatic heterocycles. The summed E-state index contributed by atoms with van der Waals surface area (Å²) in [7, 11) is 1.30. The summed E-state index contributed by atoms with van der Waals surface area (Å²) >= 11 is 0. The van der Waals surface area contributed by atoms with Crippen molar-refractivity contribution in [3.05, 3.63) is 23.8 Å². The van der Waals surface area contributed by atoms with E-state index in [0.717, 1.165) is 12.8 Å². The van der Waals surface area contributed by atoms with Gasteiger partial charge in [0.2, 0.25) is 0 Å². The molecule has 0 saturated heterocycles. The van der Waals surface area contributed by atoms with E-state index < -0.39 is 5.97 Å². The fourth-order valence-corrected chi connectivity index (χ4v) is 0.855. The molecule has 78 valence electrons. The summed E-state index contributed by atoms with van der Waals surface area (Å²) < 4.78 is 4.42. The largest absolute Gasteiger partial charge is 0.466 e. The van der Waals surface area contributed by atoms with E-state index in [1.54, 1.807) is 0 Å². The first kappa shape index (κ1) is 12.6. The number of carbonyl (C=O) groups is 2. The normalized spacial score (nSPS) is 11.8. The molecule has 0 aromatic rings. The molecule has 0 amide bonds. The maximum Gasteiger partial charge on any atom is 0.330 e. The van der Waals surface area contributed by atoms with Crippen molar-refractivity contribution in [2.45, 2.75) is 26.7 Å². The molecule has 0 bridgehead atoms. The maximum atomic E-state index is 11.1. The van der Waals surface area contributed by atoms with E-state index in [4.69, 9.17) is 0 Å². The minimum absolute atomic E-state index is 0.0430. The average molecular weight is 196 g/mol. The molecular weight excluding hydrogens is 180 g/mol. The van der Waals surface area contributed by atoms with Crippen LogP contribution in [0.5, 0.6) is 0 Å². The molecule has 0 unspecified atom stereocenters. The third-order valence-electron chi connectivity index (χ3n) is 1.66. The minimum atomic E-state index is -0.450. The Kier molecular flexibility index (Phi) is 6.37. The molecule has 0 rings (SSSR count). The van der Waals surface area contributed by atoms with Gasteiger partial charge in [0.1, 0.15) is 0 Å². The summed E-state index contributed by atoms with van der Waals surface area (Å²) in [5, 5.41) is 0. The Morgan fingerprint density at radius 1 is 1.29 bits per heavy atom. The molecule has 3 heteroatoms. The molecule has 0 aromatic carbocycles. The minimum Gasteiger partial charge on any atom is -0.466 e. The van der Waals surface area contributed by atoms with Crippen LogP contribution in [0.1, 0.15) is 26.7 Å². The summed E-state index contributed by atoms with van der Waals surface area (Å²) in [6, 6.07) is 0. The van der Waals surface area contributed by atoms with Crippen LogP contribution in [-0.2, 0) is 14.3 Å². The van der Waals surface area contributed by atoms with Gasteiger partial charge < -0.3 is 4.74 Å². The van der Waals surface area contributed by atoms with E-state index in [2.05, 4.69) is 4.74 Å². The van der Waals surface area contributed by atoms with Crippen molar-refractivity contribution in [1.29, 1.82) is 0 Å². The van der Waals surface area contributed by atoms with E-state index in [1.165, 1.54) is 26.2 Å². The number of hydrogen-bond acceptors (Lipinski definition) is 3. The Balaban J connectivity index is 4.45. The van der Waals surface area contributed by atoms with Crippen molar-refractivity contribution >= 4 is 11.8 Å². The number of hydrogen-bond donors (Lipinski definition) is 0. The maximum absolute atomic E-state index is 11.1. The predicted octanol–water partition coefficient (Wildman–Crippen LogP) is 2.03. The number of Topliss-reactive ketones (excluding diaryl/α,β-unsaturated/α-hetero) is 1. The smallest absolute Gasteiger partial charge is 0.330 e. The highest BCUT2D eigenvalue weighted by molar-refractivity contribution is 5.97. The topological polar surface area (TPSA) is 43.4 Å². The highest BCUT2D eigenvalue weighted by Gasteiger charge is 1.99. The van der Waals surface area contributed by atoms with Crippen molar-refractivity contribution in [3.8, 4) is 0 Å². The number of unbranched alkanes of at least 4 members (excludes halogenated alkanes) is 1. The lowest BCUT2D eigenvalue weighted by molar-refractivity contribution is -0.134. The third kappa shape index (κ3) is 5.30. The van der Waals surface area contributed by atoms with Crippen LogP contribution in [0.15, 0.2) is 23.8 Å². The van der Waals surface area contributed by atoms with E-state index in [-0.39, 0.29) is 5.78 Å². The lowest BCUT2D eigenvalue weighted by atomic mass is 10.1. The quantitative estimate of drug-likeness (QED) is 0.384. The first-order valence-corrected chi connectivity index (χ1v) is 4.59. The molecule has 0 atom stereocenters. The fraction of sp³-hybridized carbons (Fsp3) is 0.455. The number of methoxy groups -OCH3 is 1. The summed E-state index contributed by atoms with van der Waals surface area (Å²) in [5.74, 6) is -0.493. The van der Waals surface area contributed by atoms with Gasteiger partial charge in [0.05, 0.1) is 7.11 Å². The summed E-state index contributed by atoms with van der Waals surface area (Å²) in [4.78, 5) is 21.8. The lowest BCUT2D eigenvalue weighted by Gasteiger charge is -1.95. The van der Waals surface area contributed by atoms with E-state index in [9.17, 15) is 9.59 Å². The highest BCUT2D eigenvalue weighted by Crippen LogP contribution is 2.02. The Morgan fingerprint density at radius 2 is 1.93 bits per heavy atom. The summed E-state index contributed by atoms with van der Waals surface area (Å²) in [5.41, 5.74) is 0.553. The predicted molar refractivity (Wildman–Crippen MR) is 54.8 cm³/mol. The standard InChI is InChI=1S/C11H16O3/c1-4-5-6-10(9(2)12)7-8-11(13)14-3/h6-8H,4-5H2,1-3H3. The zero-order valence-electron chi connectivity index (χ0n) is 8.87. The van der Waals surface area contributed by atoms with Crippen LogP contribution in [0.4, 0.5) is 0 Å². The number of ketones is 1. The second-order valence-corrected chi connectivity index (χ2v) is 2.86. The van der Waals surface area contributed by atoms with Crippen LogP contribution in [0.25, 0.3) is 0 Å². The lowest BCUT2D eigenvalue weighted by Crippen LogP contribution is -1.97. The van der Waals surface area contributed by atoms with Crippen molar-refractivity contribution in [3.63, 3.8) is 0 Å². The molecule has 0 aliphatic rings. The highest BCUT2D eigenvalue weighted by atomic mass is 16.5. The van der Waals surface area contributed by atoms with Crippen LogP contribution in [-0.4, -0.2) is 18.9 Å². The van der Waals surface area contributed by atoms with Crippen molar-refractivity contribution < 1.29 is 14.3 Å². The molecule has 0 spiro atoms. The van der Waals surface area contributed by atoms with Crippen molar-refractivity contribution in [2.75, 3.05) is 7.11 Å². The van der Waals surface area contributed by atoms with Crippen LogP contribution < -0.4 is 0 Å². The van der Waals surface area contributed by atoms with Crippen LogP contribution in [0, 0.1) is 0 Å². The molecule has 0 fully saturated rings. The molecule has 0 aromatic heterocycles. The Hall–Kier alpha value is -1.38. The first-order chi connectivity index (χ1) is 6.61.